The molecule has 0 bridgehead atoms. The van der Waals surface area contributed by atoms with Gasteiger partial charge in [0.05, 0.1) is 33.2 Å². The summed E-state index contributed by atoms with van der Waals surface area (Å²) in [5.74, 6) is 0. The Bertz CT molecular complexity index is 1720. The number of fused-ring (bicyclic) bond motifs is 2. The summed E-state index contributed by atoms with van der Waals surface area (Å²) in [5, 5.41) is 8.20. The molecule has 0 aliphatic carbocycles. The van der Waals surface area contributed by atoms with Crippen LogP contribution in [0.3, 0.4) is 0 Å². The zero-order valence-corrected chi connectivity index (χ0v) is 21.5. The van der Waals surface area contributed by atoms with Gasteiger partial charge < -0.3 is 0 Å². The number of aromatic nitrogens is 5. The van der Waals surface area contributed by atoms with E-state index in [-0.39, 0.29) is 29.7 Å². The van der Waals surface area contributed by atoms with Crippen LogP contribution in [0.25, 0.3) is 48.9 Å². The molecule has 1 N–H and O–H groups in total. The van der Waals surface area contributed by atoms with E-state index in [1.54, 1.807) is 41.8 Å². The molecule has 0 spiro atoms. The second kappa shape index (κ2) is 9.43. The maximum absolute atomic E-state index is 11.8. The summed E-state index contributed by atoms with van der Waals surface area (Å²) < 4.78 is 26.8. The van der Waals surface area contributed by atoms with Crippen molar-refractivity contribution < 1.29 is 8.42 Å². The molecule has 0 saturated heterocycles. The van der Waals surface area contributed by atoms with Crippen molar-refractivity contribution in [3.63, 3.8) is 0 Å². The van der Waals surface area contributed by atoms with Crippen LogP contribution in [0.5, 0.6) is 0 Å². The van der Waals surface area contributed by atoms with Gasteiger partial charge in [-0.3, -0.25) is 9.50 Å². The average Bonchev–Trinajstić information content (AvgIpc) is 3.55. The highest BCUT2D eigenvalue weighted by Crippen LogP contribution is 2.34. The van der Waals surface area contributed by atoms with Gasteiger partial charge in [0.1, 0.15) is 16.3 Å². The number of hydrogen-bond donors (Lipinski definition) is 1. The zero-order chi connectivity index (χ0) is 22.6. The van der Waals surface area contributed by atoms with Gasteiger partial charge in [-0.15, -0.1) is 36.2 Å². The summed E-state index contributed by atoms with van der Waals surface area (Å²) in [6, 6.07) is 18.8. The molecule has 7 nitrogen and oxygen atoms in total. The molecule has 0 amide bonds. The van der Waals surface area contributed by atoms with E-state index in [4.69, 9.17) is 4.98 Å². The minimum Gasteiger partial charge on any atom is -0.297 e. The van der Waals surface area contributed by atoms with Crippen molar-refractivity contribution in [2.75, 3.05) is 6.26 Å². The molecule has 0 aliphatic heterocycles. The number of aromatic amines is 1. The van der Waals surface area contributed by atoms with Crippen molar-refractivity contribution in [1.82, 2.24) is 24.6 Å². The van der Waals surface area contributed by atoms with Crippen LogP contribution in [-0.2, 0) is 9.84 Å². The number of thiazole rings is 1. The van der Waals surface area contributed by atoms with Crippen molar-refractivity contribution in [3.8, 4) is 33.1 Å². The number of imidazole rings is 1. The number of hydrogen-bond acceptors (Lipinski definition) is 6. The Labute approximate surface area is 217 Å². The van der Waals surface area contributed by atoms with Gasteiger partial charge in [-0.25, -0.2) is 18.4 Å². The summed E-state index contributed by atoms with van der Waals surface area (Å²) in [4.78, 5) is 9.62. The summed E-state index contributed by atoms with van der Waals surface area (Å²) in [6.45, 7) is 0. The third-order valence-corrected chi connectivity index (χ3v) is 7.73. The maximum Gasteiger partial charge on any atom is 0.175 e. The number of para-hydroxylation sites is 1. The lowest BCUT2D eigenvalue weighted by Crippen LogP contribution is -1.96. The minimum absolute atomic E-state index is 0. The number of benzene rings is 2. The maximum atomic E-state index is 11.8. The monoisotopic (exact) mass is 543 g/mol. The summed E-state index contributed by atoms with van der Waals surface area (Å²) in [6.07, 6.45) is 6.85. The van der Waals surface area contributed by atoms with Crippen LogP contribution in [0.15, 0.2) is 84.1 Å². The van der Waals surface area contributed by atoms with E-state index in [1.165, 1.54) is 6.26 Å². The fraction of sp³-hybridized carbons (Fsp3) is 0.0417. The van der Waals surface area contributed by atoms with Gasteiger partial charge in [-0.2, -0.15) is 5.10 Å². The number of pyridine rings is 1. The predicted molar refractivity (Wildman–Crippen MR) is 144 cm³/mol. The number of halogens is 2. The Kier molecular flexibility index (Phi) is 6.70. The molecule has 0 unspecified atom stereocenters. The van der Waals surface area contributed by atoms with Crippen LogP contribution in [-0.4, -0.2) is 39.2 Å². The number of H-pyrrole nitrogens is 1. The van der Waals surface area contributed by atoms with Crippen LogP contribution < -0.4 is 0 Å². The third kappa shape index (κ3) is 4.43. The summed E-state index contributed by atoms with van der Waals surface area (Å²) in [7, 11) is -3.25. The highest BCUT2D eigenvalue weighted by Gasteiger charge is 2.15. The Morgan fingerprint density at radius 1 is 0.914 bits per heavy atom. The molecular formula is C24H19Cl2N5O2S2. The lowest BCUT2D eigenvalue weighted by atomic mass is 10.0. The minimum atomic E-state index is -3.25. The molecule has 178 valence electrons. The Morgan fingerprint density at radius 3 is 2.40 bits per heavy atom. The smallest absolute Gasteiger partial charge is 0.175 e. The Balaban J connectivity index is 0.00000144. The van der Waals surface area contributed by atoms with E-state index < -0.39 is 9.84 Å². The molecular weight excluding hydrogens is 525 g/mol. The van der Waals surface area contributed by atoms with Gasteiger partial charge >= 0.3 is 0 Å². The van der Waals surface area contributed by atoms with Gasteiger partial charge in [0, 0.05) is 29.1 Å². The average molecular weight is 544 g/mol. The first-order valence-electron chi connectivity index (χ1n) is 10.1. The molecule has 0 aliphatic rings. The van der Waals surface area contributed by atoms with Gasteiger partial charge in [0.25, 0.3) is 0 Å². The largest absolute Gasteiger partial charge is 0.297 e. The van der Waals surface area contributed by atoms with E-state index >= 15 is 0 Å². The third-order valence-electron chi connectivity index (χ3n) is 5.54. The second-order valence-electron chi connectivity index (χ2n) is 7.73. The topological polar surface area (TPSA) is 93.0 Å². The Hall–Kier alpha value is -3.24. The molecule has 0 radical (unpaired) electrons. The number of sulfone groups is 1. The fourth-order valence-corrected chi connectivity index (χ4v) is 5.48. The zero-order valence-electron chi connectivity index (χ0n) is 18.2. The molecule has 6 aromatic rings. The van der Waals surface area contributed by atoms with E-state index in [9.17, 15) is 8.42 Å². The van der Waals surface area contributed by atoms with Crippen molar-refractivity contribution in [1.29, 1.82) is 0 Å². The standard InChI is InChI=1S/C24H17N5O2S2.2ClH/c1-33(30,31)17-9-6-15(7-10-17)23-18(12-26-28-23)16-8-11-22-25-13-20(29(22)14-16)24-27-19-4-2-3-5-21(19)32-24;;/h2-14H,1H3,(H,26,28);2*1H. The second-order valence-corrected chi connectivity index (χ2v) is 10.8. The van der Waals surface area contributed by atoms with Gasteiger partial charge in [0.15, 0.2) is 9.84 Å². The molecule has 6 rings (SSSR count). The van der Waals surface area contributed by atoms with Crippen LogP contribution >= 0.6 is 36.2 Å². The summed E-state index contributed by atoms with van der Waals surface area (Å²) >= 11 is 1.64. The van der Waals surface area contributed by atoms with Crippen molar-refractivity contribution in [2.24, 2.45) is 0 Å². The van der Waals surface area contributed by atoms with E-state index in [0.29, 0.717) is 0 Å². The highest BCUT2D eigenvalue weighted by atomic mass is 35.5. The lowest BCUT2D eigenvalue weighted by molar-refractivity contribution is 0.602. The molecule has 11 heteroatoms. The molecule has 4 heterocycles. The number of nitrogens with zero attached hydrogens (tertiary/aromatic N) is 4. The Morgan fingerprint density at radius 2 is 1.66 bits per heavy atom. The first-order valence-corrected chi connectivity index (χ1v) is 12.9. The van der Waals surface area contributed by atoms with Gasteiger partial charge in [-0.05, 0) is 36.4 Å². The van der Waals surface area contributed by atoms with Crippen LogP contribution in [0, 0.1) is 0 Å². The van der Waals surface area contributed by atoms with Crippen LogP contribution in [0.1, 0.15) is 0 Å². The predicted octanol–water partition coefficient (Wildman–Crippen LogP) is 5.92. The summed E-state index contributed by atoms with van der Waals surface area (Å²) in [5.41, 5.74) is 6.26. The molecule has 0 atom stereocenters. The molecule has 2 aromatic carbocycles. The van der Waals surface area contributed by atoms with Crippen molar-refractivity contribution >= 4 is 61.9 Å². The van der Waals surface area contributed by atoms with Crippen molar-refractivity contribution in [3.05, 3.63) is 79.3 Å². The molecule has 4 aromatic heterocycles. The molecule has 0 fully saturated rings. The van der Waals surface area contributed by atoms with Crippen LogP contribution in [0.4, 0.5) is 0 Å². The quantitative estimate of drug-likeness (QED) is 0.298. The van der Waals surface area contributed by atoms with Gasteiger partial charge in [-0.1, -0.05) is 24.3 Å². The lowest BCUT2D eigenvalue weighted by Gasteiger charge is -2.07. The van der Waals surface area contributed by atoms with Crippen LogP contribution in [0.2, 0.25) is 0 Å². The molecule has 35 heavy (non-hydrogen) atoms. The van der Waals surface area contributed by atoms with Crippen molar-refractivity contribution in [2.45, 2.75) is 4.90 Å². The van der Waals surface area contributed by atoms with E-state index in [0.717, 1.165) is 48.9 Å². The van der Waals surface area contributed by atoms with E-state index in [1.807, 2.05) is 47.1 Å². The number of nitrogens with one attached hydrogen (secondary N) is 1. The first kappa shape index (κ1) is 24.9. The normalized spacial score (nSPS) is 11.3. The fourth-order valence-electron chi connectivity index (χ4n) is 3.87. The van der Waals surface area contributed by atoms with Gasteiger partial charge in [0.2, 0.25) is 0 Å². The SMILES string of the molecule is CS(=O)(=O)c1ccc(-c2[nH]ncc2-c2ccc3ncc(-c4nc5ccccc5s4)n3c2)cc1.Cl.Cl. The number of rotatable bonds is 4. The van der Waals surface area contributed by atoms with E-state index in [2.05, 4.69) is 21.2 Å². The molecule has 0 saturated carbocycles. The first-order chi connectivity index (χ1) is 16.0. The highest BCUT2D eigenvalue weighted by molar-refractivity contribution is 7.90.